The molecule has 0 aliphatic rings. The first-order valence-electron chi connectivity index (χ1n) is 9.10. The third kappa shape index (κ3) is 4.92. The summed E-state index contributed by atoms with van der Waals surface area (Å²) >= 11 is 0. The number of nitrogens with one attached hydrogen (secondary N) is 2. The lowest BCUT2D eigenvalue weighted by atomic mass is 9.93. The maximum Gasteiger partial charge on any atom is 0.258 e. The molecule has 0 saturated carbocycles. The van der Waals surface area contributed by atoms with Crippen LogP contribution in [0.25, 0.3) is 5.65 Å². The van der Waals surface area contributed by atoms with Crippen LogP contribution >= 0.6 is 0 Å². The summed E-state index contributed by atoms with van der Waals surface area (Å²) in [7, 11) is 0. The van der Waals surface area contributed by atoms with Crippen LogP contribution in [0.15, 0.2) is 43.0 Å². The first kappa shape index (κ1) is 21.7. The van der Waals surface area contributed by atoms with Gasteiger partial charge in [-0.1, -0.05) is 0 Å². The van der Waals surface area contributed by atoms with Crippen LogP contribution in [0.2, 0.25) is 0 Å². The number of rotatable bonds is 8. The number of aromatic nitrogens is 4. The summed E-state index contributed by atoms with van der Waals surface area (Å²) in [6.07, 6.45) is 0.967. The first-order valence-corrected chi connectivity index (χ1v) is 9.10. The summed E-state index contributed by atoms with van der Waals surface area (Å²) in [5.74, 6) is -0.569. The Kier molecular flexibility index (Phi) is 6.32. The van der Waals surface area contributed by atoms with Crippen molar-refractivity contribution in [3.8, 4) is 0 Å². The van der Waals surface area contributed by atoms with Gasteiger partial charge in [0.15, 0.2) is 5.65 Å². The SMILES string of the molecule is CC(C)(O)[C@H](F)[C@H](NCC(F)F)c1ncccc1NC(=O)c1cnc2ccnn2c1. The Morgan fingerprint density at radius 1 is 1.23 bits per heavy atom. The molecule has 3 N–H and O–H groups in total. The number of aliphatic hydroxyl groups is 1. The molecular weight excluding hydrogens is 401 g/mol. The zero-order valence-electron chi connectivity index (χ0n) is 16.3. The fraction of sp³-hybridized carbons (Fsp3) is 0.368. The van der Waals surface area contributed by atoms with Gasteiger partial charge in [0, 0.05) is 24.7 Å². The highest BCUT2D eigenvalue weighted by atomic mass is 19.3. The molecule has 0 aromatic carbocycles. The Bertz CT molecular complexity index is 1020. The lowest BCUT2D eigenvalue weighted by Crippen LogP contribution is -2.44. The molecule has 2 atom stereocenters. The quantitative estimate of drug-likeness (QED) is 0.515. The number of pyridine rings is 1. The van der Waals surface area contributed by atoms with E-state index >= 15 is 0 Å². The minimum absolute atomic E-state index is 0.0192. The number of fused-ring (bicyclic) bond motifs is 1. The highest BCUT2D eigenvalue weighted by Crippen LogP contribution is 2.31. The van der Waals surface area contributed by atoms with Crippen molar-refractivity contribution in [1.29, 1.82) is 0 Å². The number of hydrogen-bond donors (Lipinski definition) is 3. The van der Waals surface area contributed by atoms with E-state index in [9.17, 15) is 23.1 Å². The van der Waals surface area contributed by atoms with E-state index in [0.29, 0.717) is 5.65 Å². The van der Waals surface area contributed by atoms with E-state index in [4.69, 9.17) is 0 Å². The van der Waals surface area contributed by atoms with Crippen molar-refractivity contribution in [3.63, 3.8) is 0 Å². The maximum absolute atomic E-state index is 15.0. The van der Waals surface area contributed by atoms with Crippen LogP contribution in [0.5, 0.6) is 0 Å². The van der Waals surface area contributed by atoms with E-state index in [-0.39, 0.29) is 16.9 Å². The minimum Gasteiger partial charge on any atom is -0.387 e. The smallest absolute Gasteiger partial charge is 0.258 e. The van der Waals surface area contributed by atoms with Crippen molar-refractivity contribution in [2.45, 2.75) is 38.1 Å². The average molecular weight is 422 g/mol. The van der Waals surface area contributed by atoms with Crippen molar-refractivity contribution in [3.05, 3.63) is 54.2 Å². The number of carbonyl (C=O) groups is 1. The van der Waals surface area contributed by atoms with Crippen LogP contribution in [-0.4, -0.2) is 55.3 Å². The van der Waals surface area contributed by atoms with E-state index < -0.39 is 36.7 Å². The highest BCUT2D eigenvalue weighted by Gasteiger charge is 2.37. The van der Waals surface area contributed by atoms with E-state index in [1.165, 1.54) is 55.3 Å². The summed E-state index contributed by atoms with van der Waals surface area (Å²) < 4.78 is 41.9. The van der Waals surface area contributed by atoms with Gasteiger partial charge in [-0.25, -0.2) is 22.7 Å². The first-order chi connectivity index (χ1) is 14.2. The van der Waals surface area contributed by atoms with Gasteiger partial charge in [0.1, 0.15) is 6.17 Å². The molecular formula is C19H21F3N6O2. The second kappa shape index (κ2) is 8.76. The van der Waals surface area contributed by atoms with Gasteiger partial charge in [-0.2, -0.15) is 5.10 Å². The molecule has 0 radical (unpaired) electrons. The Hall–Kier alpha value is -3.05. The second-order valence-electron chi connectivity index (χ2n) is 7.20. The Balaban J connectivity index is 1.90. The standard InChI is InChI=1S/C19H21F3N6O2/c1-19(2,30)17(22)16(25-9-13(20)21)15-12(4-3-6-23-15)27-18(29)11-8-24-14-5-7-26-28(14)10-11/h3-8,10,13,16-17,25,30H,9H2,1-2H3,(H,27,29)/t16-,17-/m1/s1. The van der Waals surface area contributed by atoms with Crippen molar-refractivity contribution in [1.82, 2.24) is 24.9 Å². The van der Waals surface area contributed by atoms with Gasteiger partial charge in [-0.05, 0) is 26.0 Å². The fourth-order valence-corrected chi connectivity index (χ4v) is 2.86. The highest BCUT2D eigenvalue weighted by molar-refractivity contribution is 6.04. The normalized spacial score (nSPS) is 14.1. The molecule has 11 heteroatoms. The molecule has 8 nitrogen and oxygen atoms in total. The van der Waals surface area contributed by atoms with Crippen LogP contribution in [0.4, 0.5) is 18.9 Å². The largest absolute Gasteiger partial charge is 0.387 e. The molecule has 3 heterocycles. The Morgan fingerprint density at radius 2 is 2.00 bits per heavy atom. The number of hydrogen-bond acceptors (Lipinski definition) is 6. The third-order valence-electron chi connectivity index (χ3n) is 4.35. The molecule has 30 heavy (non-hydrogen) atoms. The van der Waals surface area contributed by atoms with Gasteiger partial charge < -0.3 is 15.7 Å². The molecule has 0 aliphatic carbocycles. The predicted octanol–water partition coefficient (Wildman–Crippen LogP) is 2.38. The molecule has 0 fully saturated rings. The lowest BCUT2D eigenvalue weighted by molar-refractivity contribution is -0.0239. The molecule has 0 bridgehead atoms. The van der Waals surface area contributed by atoms with Gasteiger partial charge >= 0.3 is 0 Å². The molecule has 3 aromatic rings. The van der Waals surface area contributed by atoms with Gasteiger partial charge in [0.05, 0.1) is 41.3 Å². The molecule has 3 rings (SSSR count). The van der Waals surface area contributed by atoms with Gasteiger partial charge in [0.2, 0.25) is 0 Å². The van der Waals surface area contributed by atoms with Crippen molar-refractivity contribution < 1.29 is 23.1 Å². The summed E-state index contributed by atoms with van der Waals surface area (Å²) in [5.41, 5.74) is -1.02. The molecule has 0 aliphatic heterocycles. The summed E-state index contributed by atoms with van der Waals surface area (Å²) in [6.45, 7) is 1.63. The Morgan fingerprint density at radius 3 is 2.70 bits per heavy atom. The summed E-state index contributed by atoms with van der Waals surface area (Å²) in [4.78, 5) is 20.9. The number of amides is 1. The van der Waals surface area contributed by atoms with E-state index in [1.54, 1.807) is 6.07 Å². The van der Waals surface area contributed by atoms with Gasteiger partial charge in [0.25, 0.3) is 12.3 Å². The Labute approximate surface area is 170 Å². The minimum atomic E-state index is -2.74. The molecule has 160 valence electrons. The van der Waals surface area contributed by atoms with E-state index in [1.807, 2.05) is 0 Å². The number of anilines is 1. The number of alkyl halides is 3. The number of nitrogens with zero attached hydrogens (tertiary/aromatic N) is 4. The van der Waals surface area contributed by atoms with E-state index in [0.717, 1.165) is 0 Å². The van der Waals surface area contributed by atoms with Crippen LogP contribution in [0.1, 0.15) is 35.9 Å². The zero-order valence-corrected chi connectivity index (χ0v) is 16.3. The molecule has 0 saturated heterocycles. The van der Waals surface area contributed by atoms with Crippen molar-refractivity contribution in [2.24, 2.45) is 0 Å². The van der Waals surface area contributed by atoms with Crippen LogP contribution in [0.3, 0.4) is 0 Å². The second-order valence-corrected chi connectivity index (χ2v) is 7.20. The monoisotopic (exact) mass is 422 g/mol. The van der Waals surface area contributed by atoms with E-state index in [2.05, 4.69) is 25.7 Å². The zero-order chi connectivity index (χ0) is 21.9. The van der Waals surface area contributed by atoms with Crippen LogP contribution in [-0.2, 0) is 0 Å². The molecule has 0 spiro atoms. The predicted molar refractivity (Wildman–Crippen MR) is 103 cm³/mol. The van der Waals surface area contributed by atoms with Crippen LogP contribution in [0, 0.1) is 0 Å². The van der Waals surface area contributed by atoms with Crippen molar-refractivity contribution >= 4 is 17.2 Å². The third-order valence-corrected chi connectivity index (χ3v) is 4.35. The molecule has 1 amide bonds. The fourth-order valence-electron chi connectivity index (χ4n) is 2.86. The van der Waals surface area contributed by atoms with Gasteiger partial charge in [-0.15, -0.1) is 0 Å². The molecule has 3 aromatic heterocycles. The maximum atomic E-state index is 15.0. The summed E-state index contributed by atoms with van der Waals surface area (Å²) in [5, 5.41) is 19.1. The topological polar surface area (TPSA) is 104 Å². The van der Waals surface area contributed by atoms with Crippen LogP contribution < -0.4 is 10.6 Å². The van der Waals surface area contributed by atoms with Gasteiger partial charge in [-0.3, -0.25) is 9.78 Å². The lowest BCUT2D eigenvalue weighted by Gasteiger charge is -2.31. The number of carbonyl (C=O) groups excluding carboxylic acids is 1. The molecule has 0 unspecified atom stereocenters. The number of halogens is 3. The summed E-state index contributed by atoms with van der Waals surface area (Å²) in [6, 6.07) is 3.25. The van der Waals surface area contributed by atoms with Crippen molar-refractivity contribution in [2.75, 3.05) is 11.9 Å². The average Bonchev–Trinajstić information content (AvgIpc) is 3.16.